The van der Waals surface area contributed by atoms with Crippen molar-refractivity contribution < 1.29 is 0 Å². The summed E-state index contributed by atoms with van der Waals surface area (Å²) in [6.07, 6.45) is 9.45. The smallest absolute Gasteiger partial charge is 0.0781 e. The zero-order chi connectivity index (χ0) is 18.9. The molecule has 0 radical (unpaired) electrons. The highest BCUT2D eigenvalue weighted by Crippen LogP contribution is 2.40. The molecule has 0 bridgehead atoms. The van der Waals surface area contributed by atoms with Crippen LogP contribution in [-0.2, 0) is 12.8 Å². The Labute approximate surface area is 173 Å². The van der Waals surface area contributed by atoms with E-state index in [2.05, 4.69) is 40.5 Å². The maximum atomic E-state index is 6.35. The van der Waals surface area contributed by atoms with E-state index in [1.54, 1.807) is 0 Å². The quantitative estimate of drug-likeness (QED) is 0.803. The molecule has 1 aliphatic carbocycles. The largest absolute Gasteiger partial charge is 0.317 e. The molecule has 148 valence electrons. The molecule has 3 nitrogen and oxygen atoms in total. The molecule has 1 atom stereocenters. The number of piperidine rings is 2. The van der Waals surface area contributed by atoms with Crippen molar-refractivity contribution in [1.29, 1.82) is 0 Å². The first-order valence-corrected chi connectivity index (χ1v) is 11.3. The minimum Gasteiger partial charge on any atom is -0.317 e. The van der Waals surface area contributed by atoms with Crippen LogP contribution in [0.3, 0.4) is 0 Å². The van der Waals surface area contributed by atoms with Crippen LogP contribution in [-0.4, -0.2) is 36.1 Å². The normalized spacial score (nSPS) is 24.4. The second-order valence-electron chi connectivity index (χ2n) is 8.75. The molecule has 1 N–H and O–H groups in total. The fraction of sp³-hybridized carbons (Fsp3) is 0.542. The molecule has 0 unspecified atom stereocenters. The van der Waals surface area contributed by atoms with Gasteiger partial charge in [0.15, 0.2) is 0 Å². The number of pyridine rings is 1. The average molecular weight is 396 g/mol. The number of hydrogen-bond donors (Lipinski definition) is 1. The van der Waals surface area contributed by atoms with Gasteiger partial charge in [-0.05, 0) is 111 Å². The van der Waals surface area contributed by atoms with Crippen LogP contribution in [0.25, 0.3) is 0 Å². The number of benzene rings is 1. The molecule has 2 saturated heterocycles. The molecule has 28 heavy (non-hydrogen) atoms. The van der Waals surface area contributed by atoms with E-state index in [1.807, 2.05) is 6.20 Å². The number of halogens is 1. The van der Waals surface area contributed by atoms with Crippen LogP contribution < -0.4 is 5.32 Å². The van der Waals surface area contributed by atoms with E-state index in [1.165, 1.54) is 74.2 Å². The van der Waals surface area contributed by atoms with E-state index in [0.717, 1.165) is 29.7 Å². The van der Waals surface area contributed by atoms with Gasteiger partial charge < -0.3 is 5.32 Å². The molecule has 1 aromatic carbocycles. The van der Waals surface area contributed by atoms with Crippen LogP contribution in [0, 0.1) is 11.8 Å². The van der Waals surface area contributed by atoms with Crippen LogP contribution in [0.15, 0.2) is 36.5 Å². The summed E-state index contributed by atoms with van der Waals surface area (Å²) >= 11 is 6.35. The summed E-state index contributed by atoms with van der Waals surface area (Å²) < 4.78 is 0. The summed E-state index contributed by atoms with van der Waals surface area (Å²) in [5.41, 5.74) is 5.49. The van der Waals surface area contributed by atoms with Gasteiger partial charge in [0.25, 0.3) is 0 Å². The Kier molecular flexibility index (Phi) is 5.41. The van der Waals surface area contributed by atoms with Gasteiger partial charge in [-0.3, -0.25) is 9.88 Å². The first kappa shape index (κ1) is 18.6. The van der Waals surface area contributed by atoms with Crippen molar-refractivity contribution in [3.05, 3.63) is 63.9 Å². The number of rotatable bonds is 2. The summed E-state index contributed by atoms with van der Waals surface area (Å²) in [6, 6.07) is 11.1. The Morgan fingerprint density at radius 1 is 0.929 bits per heavy atom. The molecule has 4 heteroatoms. The number of aromatic nitrogens is 1. The third kappa shape index (κ3) is 3.60. The monoisotopic (exact) mass is 395 g/mol. The highest BCUT2D eigenvalue weighted by atomic mass is 35.5. The Hall–Kier alpha value is -1.42. The van der Waals surface area contributed by atoms with Crippen molar-refractivity contribution in [2.45, 2.75) is 44.6 Å². The lowest BCUT2D eigenvalue weighted by Gasteiger charge is -2.41. The van der Waals surface area contributed by atoms with E-state index >= 15 is 0 Å². The molecule has 2 aliphatic heterocycles. The fourth-order valence-electron chi connectivity index (χ4n) is 5.72. The predicted octanol–water partition coefficient (Wildman–Crippen LogP) is 4.63. The molecule has 1 aromatic heterocycles. The van der Waals surface area contributed by atoms with Gasteiger partial charge in [-0.25, -0.2) is 0 Å². The Bertz CT molecular complexity index is 822. The lowest BCUT2D eigenvalue weighted by molar-refractivity contribution is 0.108. The molecular weight excluding hydrogens is 366 g/mol. The van der Waals surface area contributed by atoms with Crippen LogP contribution in [0.4, 0.5) is 0 Å². The van der Waals surface area contributed by atoms with Crippen LogP contribution in [0.1, 0.15) is 54.1 Å². The number of likely N-dealkylation sites (tertiary alicyclic amines) is 1. The molecular formula is C24H30ClN3. The van der Waals surface area contributed by atoms with Gasteiger partial charge in [-0.2, -0.15) is 0 Å². The molecule has 2 aromatic rings. The Balaban J connectivity index is 1.43. The summed E-state index contributed by atoms with van der Waals surface area (Å²) in [4.78, 5) is 7.58. The van der Waals surface area contributed by atoms with Crippen molar-refractivity contribution in [3.8, 4) is 0 Å². The second-order valence-corrected chi connectivity index (χ2v) is 9.19. The zero-order valence-electron chi connectivity index (χ0n) is 16.5. The van der Waals surface area contributed by atoms with Gasteiger partial charge in [-0.1, -0.05) is 23.7 Å². The van der Waals surface area contributed by atoms with Gasteiger partial charge in [0, 0.05) is 11.2 Å². The van der Waals surface area contributed by atoms with E-state index in [-0.39, 0.29) is 6.04 Å². The Morgan fingerprint density at radius 3 is 2.50 bits per heavy atom. The second kappa shape index (κ2) is 8.14. The molecule has 0 amide bonds. The van der Waals surface area contributed by atoms with E-state index in [9.17, 15) is 0 Å². The van der Waals surface area contributed by atoms with E-state index in [4.69, 9.17) is 16.6 Å². The lowest BCUT2D eigenvalue weighted by atomic mass is 9.78. The topological polar surface area (TPSA) is 28.2 Å². The van der Waals surface area contributed by atoms with Gasteiger partial charge in [0.1, 0.15) is 0 Å². The van der Waals surface area contributed by atoms with Gasteiger partial charge in [0.2, 0.25) is 0 Å². The van der Waals surface area contributed by atoms with Gasteiger partial charge in [-0.15, -0.1) is 0 Å². The van der Waals surface area contributed by atoms with Crippen LogP contribution >= 0.6 is 11.6 Å². The maximum absolute atomic E-state index is 6.35. The number of aryl methyl sites for hydroxylation is 2. The zero-order valence-corrected chi connectivity index (χ0v) is 17.3. The first-order chi connectivity index (χ1) is 13.8. The highest BCUT2D eigenvalue weighted by molar-refractivity contribution is 6.30. The minimum absolute atomic E-state index is 0.278. The lowest BCUT2D eigenvalue weighted by Crippen LogP contribution is -2.41. The number of fused-ring (bicyclic) bond motifs is 2. The molecule has 2 fully saturated rings. The molecule has 5 rings (SSSR count). The van der Waals surface area contributed by atoms with E-state index < -0.39 is 0 Å². The minimum atomic E-state index is 0.278. The number of hydrogen-bond acceptors (Lipinski definition) is 3. The van der Waals surface area contributed by atoms with Crippen LogP contribution in [0.2, 0.25) is 5.02 Å². The summed E-state index contributed by atoms with van der Waals surface area (Å²) in [5.74, 6) is 1.83. The van der Waals surface area contributed by atoms with Gasteiger partial charge >= 0.3 is 0 Å². The third-order valence-electron chi connectivity index (χ3n) is 7.24. The highest BCUT2D eigenvalue weighted by Gasteiger charge is 2.34. The third-order valence-corrected chi connectivity index (χ3v) is 7.47. The molecule has 3 aliphatic rings. The average Bonchev–Trinajstić information content (AvgIpc) is 2.91. The summed E-state index contributed by atoms with van der Waals surface area (Å²) in [5, 5.41) is 4.37. The Morgan fingerprint density at radius 2 is 1.68 bits per heavy atom. The number of nitrogens with zero attached hydrogens (tertiary/aromatic N) is 2. The standard InChI is InChI=1S/C24H30ClN3/c25-21-5-6-22-20(16-21)4-3-19-2-1-11-27-23(19)24(22)28-14-9-18(10-15-28)17-7-12-26-13-8-17/h1-2,5-6,11,16-18,24,26H,3-4,7-10,12-15H2/t24-/m1/s1. The van der Waals surface area contributed by atoms with Crippen molar-refractivity contribution in [1.82, 2.24) is 15.2 Å². The van der Waals surface area contributed by atoms with Crippen molar-refractivity contribution in [2.75, 3.05) is 26.2 Å². The molecule has 0 spiro atoms. The summed E-state index contributed by atoms with van der Waals surface area (Å²) in [6.45, 7) is 4.77. The summed E-state index contributed by atoms with van der Waals surface area (Å²) in [7, 11) is 0. The number of nitrogens with one attached hydrogen (secondary N) is 1. The SMILES string of the molecule is Clc1ccc2c(c1)CCc1cccnc1[C@@H]2N1CCC(C2CCNCC2)CC1. The molecule has 0 saturated carbocycles. The van der Waals surface area contributed by atoms with Crippen molar-refractivity contribution in [3.63, 3.8) is 0 Å². The van der Waals surface area contributed by atoms with Gasteiger partial charge in [0.05, 0.1) is 11.7 Å². The maximum Gasteiger partial charge on any atom is 0.0781 e. The van der Waals surface area contributed by atoms with Crippen molar-refractivity contribution >= 4 is 11.6 Å². The first-order valence-electron chi connectivity index (χ1n) is 11.0. The molecule has 3 heterocycles. The predicted molar refractivity (Wildman–Crippen MR) is 115 cm³/mol. The van der Waals surface area contributed by atoms with Crippen LogP contribution in [0.5, 0.6) is 0 Å². The fourth-order valence-corrected chi connectivity index (χ4v) is 5.91. The van der Waals surface area contributed by atoms with E-state index in [0.29, 0.717) is 0 Å². The van der Waals surface area contributed by atoms with Crippen molar-refractivity contribution in [2.24, 2.45) is 11.8 Å².